The smallest absolute Gasteiger partial charge is 0.339 e. The molecular formula is C23H21BrClN5O4S. The molecule has 4 aromatic rings. The van der Waals surface area contributed by atoms with Crippen molar-refractivity contribution in [2.45, 2.75) is 11.3 Å². The van der Waals surface area contributed by atoms with Gasteiger partial charge in [0.15, 0.2) is 5.65 Å². The lowest BCUT2D eigenvalue weighted by atomic mass is 10.1. The number of halogens is 2. The van der Waals surface area contributed by atoms with Gasteiger partial charge in [0.05, 0.1) is 33.9 Å². The Bertz CT molecular complexity index is 1490. The number of ether oxygens (including phenoxy) is 1. The summed E-state index contributed by atoms with van der Waals surface area (Å²) in [6, 6.07) is 15.2. The van der Waals surface area contributed by atoms with Crippen LogP contribution in [0.3, 0.4) is 0 Å². The maximum atomic E-state index is 12.7. The average Bonchev–Trinajstić information content (AvgIpc) is 3.24. The number of nitrogens with zero attached hydrogens (tertiary/aromatic N) is 3. The van der Waals surface area contributed by atoms with Crippen LogP contribution in [0.15, 0.2) is 70.2 Å². The number of nitrogens with one attached hydrogen (secondary N) is 2. The van der Waals surface area contributed by atoms with E-state index < -0.39 is 16.0 Å². The Balaban J connectivity index is 1.46. The van der Waals surface area contributed by atoms with Crippen LogP contribution in [0.1, 0.15) is 16.8 Å². The molecule has 0 aliphatic carbocycles. The van der Waals surface area contributed by atoms with Crippen LogP contribution in [0.5, 0.6) is 0 Å². The third-order valence-electron chi connectivity index (χ3n) is 5.11. The summed E-state index contributed by atoms with van der Waals surface area (Å²) in [5.74, 6) is -0.0384. The van der Waals surface area contributed by atoms with Crippen LogP contribution in [-0.4, -0.2) is 49.2 Å². The van der Waals surface area contributed by atoms with Gasteiger partial charge in [0.2, 0.25) is 10.0 Å². The second kappa shape index (κ2) is 10.7. The maximum absolute atomic E-state index is 12.7. The highest BCUT2D eigenvalue weighted by Gasteiger charge is 2.22. The van der Waals surface area contributed by atoms with E-state index in [1.807, 2.05) is 24.3 Å². The van der Waals surface area contributed by atoms with E-state index in [1.165, 1.54) is 19.2 Å². The molecule has 0 aliphatic rings. The van der Waals surface area contributed by atoms with Gasteiger partial charge in [-0.25, -0.2) is 22.9 Å². The Hall–Kier alpha value is -2.99. The van der Waals surface area contributed by atoms with E-state index in [0.29, 0.717) is 35.1 Å². The SMILES string of the molecule is COC(=O)c1ccccc1S(=O)(=O)NCCCNc1cc(-c2ccccc2Cl)nc2c(Br)cnn12. The van der Waals surface area contributed by atoms with E-state index in [2.05, 4.69) is 40.8 Å². The molecule has 0 amide bonds. The van der Waals surface area contributed by atoms with Gasteiger partial charge < -0.3 is 10.1 Å². The van der Waals surface area contributed by atoms with Crippen LogP contribution >= 0.6 is 27.5 Å². The van der Waals surface area contributed by atoms with Gasteiger partial charge in [0.25, 0.3) is 0 Å². The van der Waals surface area contributed by atoms with Crippen molar-refractivity contribution in [2.24, 2.45) is 0 Å². The molecular weight excluding hydrogens is 558 g/mol. The molecule has 0 saturated heterocycles. The van der Waals surface area contributed by atoms with Gasteiger partial charge in [-0.15, -0.1) is 0 Å². The minimum Gasteiger partial charge on any atom is -0.465 e. The summed E-state index contributed by atoms with van der Waals surface area (Å²) in [7, 11) is -2.69. The van der Waals surface area contributed by atoms with Gasteiger partial charge in [-0.2, -0.15) is 9.61 Å². The predicted octanol–water partition coefficient (Wildman–Crippen LogP) is 4.38. The number of methoxy groups -OCH3 is 1. The first kappa shape index (κ1) is 25.1. The van der Waals surface area contributed by atoms with Crippen molar-refractivity contribution in [1.82, 2.24) is 19.3 Å². The van der Waals surface area contributed by atoms with E-state index in [9.17, 15) is 13.2 Å². The summed E-state index contributed by atoms with van der Waals surface area (Å²) >= 11 is 9.83. The molecule has 0 radical (unpaired) electrons. The van der Waals surface area contributed by atoms with E-state index in [1.54, 1.807) is 28.9 Å². The Morgan fingerprint density at radius 1 is 1.14 bits per heavy atom. The van der Waals surface area contributed by atoms with Crippen LogP contribution in [-0.2, 0) is 14.8 Å². The van der Waals surface area contributed by atoms with E-state index in [-0.39, 0.29) is 17.0 Å². The number of aromatic nitrogens is 3. The number of esters is 1. The number of carbonyl (C=O) groups excluding carboxylic acids is 1. The third-order valence-corrected chi connectivity index (χ3v) is 7.52. The van der Waals surface area contributed by atoms with Crippen molar-refractivity contribution in [3.05, 3.63) is 75.9 Å². The topological polar surface area (TPSA) is 115 Å². The van der Waals surface area contributed by atoms with Crippen LogP contribution < -0.4 is 10.0 Å². The number of carbonyl (C=O) groups is 1. The third kappa shape index (κ3) is 5.48. The van der Waals surface area contributed by atoms with Crippen LogP contribution in [0.25, 0.3) is 16.9 Å². The second-order valence-electron chi connectivity index (χ2n) is 7.40. The van der Waals surface area contributed by atoms with Gasteiger partial charge in [-0.05, 0) is 40.5 Å². The quantitative estimate of drug-likeness (QED) is 0.224. The van der Waals surface area contributed by atoms with Crippen LogP contribution in [0.2, 0.25) is 5.02 Å². The van der Waals surface area contributed by atoms with Gasteiger partial charge in [-0.1, -0.05) is 41.9 Å². The van der Waals surface area contributed by atoms with E-state index in [4.69, 9.17) is 11.6 Å². The van der Waals surface area contributed by atoms with Crippen molar-refractivity contribution in [3.63, 3.8) is 0 Å². The first-order valence-corrected chi connectivity index (χ1v) is 13.2. The van der Waals surface area contributed by atoms with Crippen molar-refractivity contribution in [2.75, 3.05) is 25.5 Å². The molecule has 2 aromatic carbocycles. The molecule has 182 valence electrons. The molecule has 0 aliphatic heterocycles. The van der Waals surface area contributed by atoms with Gasteiger partial charge in [0, 0.05) is 29.7 Å². The first-order chi connectivity index (χ1) is 16.8. The molecule has 12 heteroatoms. The minimum absolute atomic E-state index is 0.0174. The largest absolute Gasteiger partial charge is 0.465 e. The number of fused-ring (bicyclic) bond motifs is 1. The molecule has 9 nitrogen and oxygen atoms in total. The normalized spacial score (nSPS) is 11.5. The molecule has 0 unspecified atom stereocenters. The summed E-state index contributed by atoms with van der Waals surface area (Å²) in [5.41, 5.74) is 2.05. The predicted molar refractivity (Wildman–Crippen MR) is 137 cm³/mol. The number of rotatable bonds is 9. The Kier molecular flexibility index (Phi) is 7.70. The van der Waals surface area contributed by atoms with Crippen molar-refractivity contribution < 1.29 is 17.9 Å². The molecule has 0 atom stereocenters. The summed E-state index contributed by atoms with van der Waals surface area (Å²) < 4.78 is 35.1. The van der Waals surface area contributed by atoms with Crippen molar-refractivity contribution in [3.8, 4) is 11.3 Å². The molecule has 0 spiro atoms. The molecule has 2 aromatic heterocycles. The lowest BCUT2D eigenvalue weighted by molar-refractivity contribution is 0.0596. The number of sulfonamides is 1. The summed E-state index contributed by atoms with van der Waals surface area (Å²) in [6.45, 7) is 0.596. The highest BCUT2D eigenvalue weighted by Crippen LogP contribution is 2.30. The summed E-state index contributed by atoms with van der Waals surface area (Å²) in [6.07, 6.45) is 2.12. The van der Waals surface area contributed by atoms with Crippen molar-refractivity contribution in [1.29, 1.82) is 0 Å². The second-order valence-corrected chi connectivity index (χ2v) is 10.4. The lowest BCUT2D eigenvalue weighted by Gasteiger charge is -2.13. The highest BCUT2D eigenvalue weighted by molar-refractivity contribution is 9.10. The molecule has 0 fully saturated rings. The van der Waals surface area contributed by atoms with Gasteiger partial charge in [-0.3, -0.25) is 0 Å². The Morgan fingerprint density at radius 2 is 1.89 bits per heavy atom. The lowest BCUT2D eigenvalue weighted by Crippen LogP contribution is -2.28. The zero-order valence-electron chi connectivity index (χ0n) is 18.5. The van der Waals surface area contributed by atoms with E-state index >= 15 is 0 Å². The molecule has 35 heavy (non-hydrogen) atoms. The van der Waals surface area contributed by atoms with Gasteiger partial charge in [0.1, 0.15) is 5.82 Å². The standard InChI is InChI=1S/C23H21BrClN5O4S/c1-34-23(31)16-8-3-5-10-20(16)35(32,33)28-12-6-11-26-21-13-19(15-7-2-4-9-18(15)25)29-22-17(24)14-27-30(21)22/h2-5,7-10,13-14,26,28H,6,11-12H2,1H3. The molecule has 2 N–H and O–H groups in total. The number of benzene rings is 2. The van der Waals surface area contributed by atoms with Gasteiger partial charge >= 0.3 is 5.97 Å². The number of hydrogen-bond donors (Lipinski definition) is 2. The number of anilines is 1. The minimum atomic E-state index is -3.90. The Labute approximate surface area is 215 Å². The Morgan fingerprint density at radius 3 is 2.66 bits per heavy atom. The fourth-order valence-corrected chi connectivity index (χ4v) is 5.29. The average molecular weight is 579 g/mol. The highest BCUT2D eigenvalue weighted by atomic mass is 79.9. The first-order valence-electron chi connectivity index (χ1n) is 10.5. The monoisotopic (exact) mass is 577 g/mol. The van der Waals surface area contributed by atoms with E-state index in [0.717, 1.165) is 10.0 Å². The molecule has 2 heterocycles. The molecule has 4 rings (SSSR count). The molecule has 0 bridgehead atoms. The maximum Gasteiger partial charge on any atom is 0.339 e. The van der Waals surface area contributed by atoms with Crippen molar-refractivity contribution >= 4 is 55.0 Å². The van der Waals surface area contributed by atoms with Crippen LogP contribution in [0, 0.1) is 0 Å². The molecule has 0 saturated carbocycles. The summed E-state index contributed by atoms with van der Waals surface area (Å²) in [5, 5.41) is 8.20. The number of hydrogen-bond acceptors (Lipinski definition) is 7. The summed E-state index contributed by atoms with van der Waals surface area (Å²) in [4.78, 5) is 16.5. The zero-order valence-corrected chi connectivity index (χ0v) is 21.7. The van der Waals surface area contributed by atoms with Crippen LogP contribution in [0.4, 0.5) is 5.82 Å². The fraction of sp³-hybridized carbons (Fsp3) is 0.174. The fourth-order valence-electron chi connectivity index (χ4n) is 3.44. The zero-order chi connectivity index (χ0) is 25.0.